The van der Waals surface area contributed by atoms with Crippen molar-refractivity contribution < 1.29 is 9.47 Å². The monoisotopic (exact) mass is 407 g/mol. The van der Waals surface area contributed by atoms with E-state index in [2.05, 4.69) is 16.9 Å². The van der Waals surface area contributed by atoms with E-state index in [4.69, 9.17) is 26.1 Å². The van der Waals surface area contributed by atoms with Crippen LogP contribution >= 0.6 is 11.6 Å². The van der Waals surface area contributed by atoms with Gasteiger partial charge in [0.05, 0.1) is 19.9 Å². The highest BCUT2D eigenvalue weighted by Crippen LogP contribution is 2.27. The van der Waals surface area contributed by atoms with Crippen LogP contribution in [0.1, 0.15) is 16.7 Å². The highest BCUT2D eigenvalue weighted by Gasteiger charge is 2.12. The molecule has 0 aliphatic rings. The lowest BCUT2D eigenvalue weighted by Gasteiger charge is -2.15. The zero-order chi connectivity index (χ0) is 20.8. The molecule has 0 saturated carbocycles. The van der Waals surface area contributed by atoms with Crippen molar-refractivity contribution in [2.24, 2.45) is 4.99 Å². The largest absolute Gasteiger partial charge is 0.497 e. The van der Waals surface area contributed by atoms with Crippen LogP contribution in [0.2, 0.25) is 5.02 Å². The number of anilines is 1. The van der Waals surface area contributed by atoms with Gasteiger partial charge in [-0.3, -0.25) is 4.98 Å². The molecule has 0 bridgehead atoms. The maximum absolute atomic E-state index is 6.26. The minimum atomic E-state index is 0.579. The van der Waals surface area contributed by atoms with Gasteiger partial charge in [0, 0.05) is 52.4 Å². The highest BCUT2D eigenvalue weighted by molar-refractivity contribution is 6.31. The van der Waals surface area contributed by atoms with Gasteiger partial charge in [0.15, 0.2) is 0 Å². The first kappa shape index (κ1) is 20.4. The Balaban J connectivity index is 2.07. The molecule has 0 unspecified atom stereocenters. The molecule has 0 amide bonds. The topological polar surface area (TPSA) is 55.7 Å². The number of hydrogen-bond donors (Lipinski definition) is 1. The third kappa shape index (κ3) is 5.15. The molecule has 0 aliphatic heterocycles. The number of rotatable bonds is 6. The molecule has 1 N–H and O–H groups in total. The Hall–Kier alpha value is -3.31. The summed E-state index contributed by atoms with van der Waals surface area (Å²) < 4.78 is 10.7. The maximum Gasteiger partial charge on any atom is 0.138 e. The number of halogens is 1. The smallest absolute Gasteiger partial charge is 0.138 e. The Bertz CT molecular complexity index is 1030. The fourth-order valence-corrected chi connectivity index (χ4v) is 2.93. The van der Waals surface area contributed by atoms with Crippen LogP contribution in [0.4, 0.5) is 5.69 Å². The van der Waals surface area contributed by atoms with Crippen LogP contribution in [0.3, 0.4) is 0 Å². The Morgan fingerprint density at radius 2 is 1.79 bits per heavy atom. The molecule has 3 rings (SSSR count). The summed E-state index contributed by atoms with van der Waals surface area (Å²) in [7, 11) is 3.22. The lowest BCUT2D eigenvalue weighted by atomic mass is 10.1. The second-order valence-corrected chi connectivity index (χ2v) is 6.77. The number of methoxy groups -OCH3 is 2. The molecular weight excluding hydrogens is 386 g/mol. The number of amidine groups is 1. The molecule has 1 heterocycles. The number of aromatic nitrogens is 1. The first-order valence-electron chi connectivity index (χ1n) is 8.94. The second-order valence-electron chi connectivity index (χ2n) is 6.33. The fraction of sp³-hybridized carbons (Fsp3) is 0.130. The van der Waals surface area contributed by atoms with Gasteiger partial charge in [-0.2, -0.15) is 0 Å². The summed E-state index contributed by atoms with van der Waals surface area (Å²) in [5.41, 5.74) is 4.06. The van der Waals surface area contributed by atoms with E-state index in [1.807, 2.05) is 49.4 Å². The van der Waals surface area contributed by atoms with Gasteiger partial charge >= 0.3 is 0 Å². The first-order chi connectivity index (χ1) is 14.0. The number of hydrogen-bond acceptors (Lipinski definition) is 4. The Labute approximate surface area is 175 Å². The van der Waals surface area contributed by atoms with E-state index >= 15 is 0 Å². The van der Waals surface area contributed by atoms with Crippen molar-refractivity contribution in [1.29, 1.82) is 0 Å². The number of aliphatic imine (C=N–C) groups is 1. The summed E-state index contributed by atoms with van der Waals surface area (Å²) in [6, 6.07) is 15.0. The van der Waals surface area contributed by atoms with Gasteiger partial charge in [-0.15, -0.1) is 0 Å². The van der Waals surface area contributed by atoms with Crippen LogP contribution in [0.25, 0.3) is 5.70 Å². The van der Waals surface area contributed by atoms with Gasteiger partial charge in [-0.1, -0.05) is 24.2 Å². The lowest BCUT2D eigenvalue weighted by Crippen LogP contribution is -2.15. The molecule has 6 heteroatoms. The van der Waals surface area contributed by atoms with Crippen LogP contribution in [0, 0.1) is 6.92 Å². The third-order valence-corrected chi connectivity index (χ3v) is 4.55. The summed E-state index contributed by atoms with van der Waals surface area (Å²) in [5, 5.41) is 3.98. The minimum Gasteiger partial charge on any atom is -0.497 e. The molecule has 1 aromatic heterocycles. The average Bonchev–Trinajstić information content (AvgIpc) is 2.75. The fourth-order valence-electron chi connectivity index (χ4n) is 2.75. The van der Waals surface area contributed by atoms with Crippen molar-refractivity contribution >= 4 is 28.8 Å². The lowest BCUT2D eigenvalue weighted by molar-refractivity contribution is 0.395. The molecule has 29 heavy (non-hydrogen) atoms. The quantitative estimate of drug-likeness (QED) is 0.427. The number of pyridine rings is 1. The normalized spacial score (nSPS) is 11.1. The molecule has 0 spiro atoms. The van der Waals surface area contributed by atoms with Crippen molar-refractivity contribution in [3.8, 4) is 11.5 Å². The van der Waals surface area contributed by atoms with Gasteiger partial charge in [0.2, 0.25) is 0 Å². The van der Waals surface area contributed by atoms with Crippen LogP contribution in [0.5, 0.6) is 11.5 Å². The van der Waals surface area contributed by atoms with Crippen LogP contribution in [0.15, 0.2) is 72.5 Å². The summed E-state index contributed by atoms with van der Waals surface area (Å²) in [5.74, 6) is 1.94. The maximum atomic E-state index is 6.26. The standard InChI is InChI=1S/C23H22ClN3O2/c1-15-7-8-18(24)10-22(15)23(26-16(2)17-6-5-9-25-14-17)27-19-11-20(28-3)13-21(12-19)29-4/h5-14H,2H2,1,3-4H3,(H,26,27). The van der Waals surface area contributed by atoms with Crippen LogP contribution in [-0.2, 0) is 0 Å². The van der Waals surface area contributed by atoms with Gasteiger partial charge in [0.25, 0.3) is 0 Å². The van der Waals surface area contributed by atoms with E-state index < -0.39 is 0 Å². The third-order valence-electron chi connectivity index (χ3n) is 4.31. The van der Waals surface area contributed by atoms with E-state index in [1.165, 1.54) is 0 Å². The van der Waals surface area contributed by atoms with Gasteiger partial charge < -0.3 is 14.8 Å². The zero-order valence-electron chi connectivity index (χ0n) is 16.6. The summed E-state index contributed by atoms with van der Waals surface area (Å²) >= 11 is 6.26. The van der Waals surface area contributed by atoms with Gasteiger partial charge in [0.1, 0.15) is 17.3 Å². The second kappa shape index (κ2) is 9.26. The molecule has 0 saturated heterocycles. The number of benzene rings is 2. The SMILES string of the molecule is C=C(N=C(Nc1cc(OC)cc(OC)c1)c1cc(Cl)ccc1C)c1cccnc1. The molecule has 148 valence electrons. The average molecular weight is 408 g/mol. The van der Waals surface area contributed by atoms with E-state index in [9.17, 15) is 0 Å². The summed E-state index contributed by atoms with van der Waals surface area (Å²) in [6.07, 6.45) is 3.44. The molecule has 0 radical (unpaired) electrons. The minimum absolute atomic E-state index is 0.579. The van der Waals surface area contributed by atoms with Crippen LogP contribution in [-0.4, -0.2) is 25.0 Å². The predicted octanol–water partition coefficient (Wildman–Crippen LogP) is 5.59. The van der Waals surface area contributed by atoms with E-state index in [0.717, 1.165) is 22.4 Å². The van der Waals surface area contributed by atoms with Crippen molar-refractivity contribution in [2.45, 2.75) is 6.92 Å². The number of ether oxygens (including phenoxy) is 2. The highest BCUT2D eigenvalue weighted by atomic mass is 35.5. The summed E-state index contributed by atoms with van der Waals surface area (Å²) in [6.45, 7) is 6.10. The van der Waals surface area contributed by atoms with Crippen molar-refractivity contribution in [3.05, 3.63) is 89.2 Å². The Kier molecular flexibility index (Phi) is 6.52. The number of nitrogens with zero attached hydrogens (tertiary/aromatic N) is 2. The Morgan fingerprint density at radius 1 is 1.07 bits per heavy atom. The molecule has 0 aliphatic carbocycles. The predicted molar refractivity (Wildman–Crippen MR) is 119 cm³/mol. The van der Waals surface area contributed by atoms with Crippen LogP contribution < -0.4 is 14.8 Å². The molecule has 5 nitrogen and oxygen atoms in total. The van der Waals surface area contributed by atoms with Gasteiger partial charge in [-0.05, 0) is 36.8 Å². The first-order valence-corrected chi connectivity index (χ1v) is 9.32. The van der Waals surface area contributed by atoms with E-state index in [0.29, 0.717) is 28.1 Å². The zero-order valence-corrected chi connectivity index (χ0v) is 17.3. The summed E-state index contributed by atoms with van der Waals surface area (Å²) in [4.78, 5) is 8.90. The molecule has 0 atom stereocenters. The number of nitrogens with one attached hydrogen (secondary N) is 1. The van der Waals surface area contributed by atoms with E-state index in [-0.39, 0.29) is 0 Å². The molecule has 3 aromatic rings. The molecule has 0 fully saturated rings. The number of aryl methyl sites for hydroxylation is 1. The van der Waals surface area contributed by atoms with Crippen molar-refractivity contribution in [3.63, 3.8) is 0 Å². The van der Waals surface area contributed by atoms with Crippen molar-refractivity contribution in [1.82, 2.24) is 4.98 Å². The van der Waals surface area contributed by atoms with Gasteiger partial charge in [-0.25, -0.2) is 4.99 Å². The molecule has 2 aromatic carbocycles. The van der Waals surface area contributed by atoms with E-state index in [1.54, 1.807) is 32.7 Å². The molecular formula is C23H22ClN3O2. The van der Waals surface area contributed by atoms with Crippen molar-refractivity contribution in [2.75, 3.05) is 19.5 Å². The Morgan fingerprint density at radius 3 is 2.41 bits per heavy atom.